The van der Waals surface area contributed by atoms with E-state index in [1.165, 1.54) is 0 Å². The van der Waals surface area contributed by atoms with Gasteiger partial charge in [0.25, 0.3) is 11.8 Å². The Morgan fingerprint density at radius 2 is 1.52 bits per heavy atom. The second-order valence-corrected chi connectivity index (χ2v) is 7.83. The van der Waals surface area contributed by atoms with Gasteiger partial charge in [-0.3, -0.25) is 9.59 Å². The summed E-state index contributed by atoms with van der Waals surface area (Å²) >= 11 is 0. The molecule has 2 amide bonds. The monoisotopic (exact) mass is 446 g/mol. The molecule has 0 aliphatic carbocycles. The summed E-state index contributed by atoms with van der Waals surface area (Å²) in [5.41, 5.74) is 2.21. The van der Waals surface area contributed by atoms with E-state index in [4.69, 9.17) is 9.47 Å². The zero-order valence-electron chi connectivity index (χ0n) is 19.2. The quantitative estimate of drug-likeness (QED) is 0.424. The maximum Gasteiger partial charge on any atom is 0.265 e. The molecule has 0 aliphatic rings. The molecule has 2 atom stereocenters. The zero-order valence-corrected chi connectivity index (χ0v) is 19.2. The predicted octanol–water partition coefficient (Wildman–Crippen LogP) is 5.62. The number of benzene rings is 3. The third kappa shape index (κ3) is 7.10. The van der Waals surface area contributed by atoms with Gasteiger partial charge in [-0.15, -0.1) is 0 Å². The van der Waals surface area contributed by atoms with Gasteiger partial charge in [-0.2, -0.15) is 0 Å². The van der Waals surface area contributed by atoms with Gasteiger partial charge in [0.15, 0.2) is 12.7 Å². The van der Waals surface area contributed by atoms with Gasteiger partial charge in [-0.05, 0) is 61.2 Å². The van der Waals surface area contributed by atoms with Crippen LogP contribution in [0.15, 0.2) is 78.9 Å². The Labute approximate surface area is 194 Å². The average molecular weight is 447 g/mol. The molecule has 0 spiro atoms. The Morgan fingerprint density at radius 1 is 0.848 bits per heavy atom. The van der Waals surface area contributed by atoms with Gasteiger partial charge in [0.2, 0.25) is 0 Å². The van der Waals surface area contributed by atoms with E-state index in [9.17, 15) is 9.59 Å². The standard InChI is InChI=1S/C27H30N2O4/c1-4-19(2)24-15-8-9-16-25(24)33-20(3)27(31)29-22-12-10-11-21(17-22)28-26(30)18-32-23-13-6-5-7-14-23/h5-17,19-20H,4,18H2,1-3H3,(H,28,30)(H,29,31). The number of hydrogen-bond donors (Lipinski definition) is 2. The topological polar surface area (TPSA) is 76.7 Å². The van der Waals surface area contributed by atoms with Crippen molar-refractivity contribution in [1.82, 2.24) is 0 Å². The molecule has 33 heavy (non-hydrogen) atoms. The van der Waals surface area contributed by atoms with Crippen LogP contribution in [0.3, 0.4) is 0 Å². The molecule has 0 aliphatic heterocycles. The number of ether oxygens (including phenoxy) is 2. The molecule has 0 radical (unpaired) electrons. The maximum atomic E-state index is 12.7. The molecule has 6 heteroatoms. The van der Waals surface area contributed by atoms with Crippen LogP contribution in [-0.2, 0) is 9.59 Å². The molecule has 0 aromatic heterocycles. The van der Waals surface area contributed by atoms with Crippen LogP contribution in [0, 0.1) is 0 Å². The van der Waals surface area contributed by atoms with Crippen LogP contribution in [-0.4, -0.2) is 24.5 Å². The Balaban J connectivity index is 1.56. The fraction of sp³-hybridized carbons (Fsp3) is 0.259. The summed E-state index contributed by atoms with van der Waals surface area (Å²) in [5, 5.41) is 5.62. The van der Waals surface area contributed by atoms with E-state index in [2.05, 4.69) is 24.5 Å². The zero-order chi connectivity index (χ0) is 23.6. The van der Waals surface area contributed by atoms with Crippen molar-refractivity contribution in [2.24, 2.45) is 0 Å². The first-order chi connectivity index (χ1) is 16.0. The first-order valence-corrected chi connectivity index (χ1v) is 11.1. The summed E-state index contributed by atoms with van der Waals surface area (Å²) in [7, 11) is 0. The van der Waals surface area contributed by atoms with Gasteiger partial charge in [-0.1, -0.05) is 56.3 Å². The van der Waals surface area contributed by atoms with Gasteiger partial charge in [0.1, 0.15) is 11.5 Å². The van der Waals surface area contributed by atoms with E-state index in [-0.39, 0.29) is 18.4 Å². The van der Waals surface area contributed by atoms with E-state index in [0.717, 1.165) is 12.0 Å². The molecular formula is C27H30N2O4. The van der Waals surface area contributed by atoms with E-state index in [1.54, 1.807) is 43.3 Å². The predicted molar refractivity (Wildman–Crippen MR) is 131 cm³/mol. The molecule has 0 saturated heterocycles. The molecule has 2 N–H and O–H groups in total. The molecule has 2 unspecified atom stereocenters. The van der Waals surface area contributed by atoms with Crippen LogP contribution in [0.1, 0.15) is 38.7 Å². The maximum absolute atomic E-state index is 12.7. The summed E-state index contributed by atoms with van der Waals surface area (Å²) in [6.45, 7) is 5.87. The van der Waals surface area contributed by atoms with Crippen molar-refractivity contribution in [3.63, 3.8) is 0 Å². The average Bonchev–Trinajstić information content (AvgIpc) is 2.83. The van der Waals surface area contributed by atoms with Crippen molar-refractivity contribution in [2.45, 2.75) is 39.2 Å². The summed E-state index contributed by atoms with van der Waals surface area (Å²) in [5.74, 6) is 1.11. The molecule has 0 heterocycles. The van der Waals surface area contributed by atoms with Crippen LogP contribution in [0.4, 0.5) is 11.4 Å². The molecule has 3 rings (SSSR count). The Bertz CT molecular complexity index is 1070. The smallest absolute Gasteiger partial charge is 0.265 e. The molecule has 172 valence electrons. The minimum absolute atomic E-state index is 0.110. The van der Waals surface area contributed by atoms with Crippen LogP contribution in [0.2, 0.25) is 0 Å². The summed E-state index contributed by atoms with van der Waals surface area (Å²) in [6, 6.07) is 23.9. The van der Waals surface area contributed by atoms with Crippen molar-refractivity contribution in [3.05, 3.63) is 84.4 Å². The van der Waals surface area contributed by atoms with Crippen LogP contribution in [0.5, 0.6) is 11.5 Å². The number of carbonyl (C=O) groups is 2. The highest BCUT2D eigenvalue weighted by Gasteiger charge is 2.18. The molecule has 0 fully saturated rings. The van der Waals surface area contributed by atoms with Gasteiger partial charge in [0.05, 0.1) is 0 Å². The van der Waals surface area contributed by atoms with Crippen LogP contribution < -0.4 is 20.1 Å². The molecular weight excluding hydrogens is 416 g/mol. The Kier molecular flexibility index (Phi) is 8.47. The summed E-state index contributed by atoms with van der Waals surface area (Å²) in [6.07, 6.45) is 0.295. The second kappa shape index (κ2) is 11.7. The van der Waals surface area contributed by atoms with E-state index >= 15 is 0 Å². The number of amides is 2. The highest BCUT2D eigenvalue weighted by molar-refractivity contribution is 5.96. The lowest BCUT2D eigenvalue weighted by Gasteiger charge is -2.20. The number of hydrogen-bond acceptors (Lipinski definition) is 4. The number of nitrogens with one attached hydrogen (secondary N) is 2. The van der Waals surface area contributed by atoms with Crippen molar-refractivity contribution in [1.29, 1.82) is 0 Å². The lowest BCUT2D eigenvalue weighted by molar-refractivity contribution is -0.122. The number of para-hydroxylation sites is 2. The summed E-state index contributed by atoms with van der Waals surface area (Å²) in [4.78, 5) is 24.9. The lowest BCUT2D eigenvalue weighted by Crippen LogP contribution is -2.30. The molecule has 6 nitrogen and oxygen atoms in total. The Morgan fingerprint density at radius 3 is 2.24 bits per heavy atom. The van der Waals surface area contributed by atoms with E-state index in [0.29, 0.717) is 28.8 Å². The fourth-order valence-corrected chi connectivity index (χ4v) is 3.24. The van der Waals surface area contributed by atoms with Crippen molar-refractivity contribution >= 4 is 23.2 Å². The highest BCUT2D eigenvalue weighted by Crippen LogP contribution is 2.29. The number of carbonyl (C=O) groups excluding carboxylic acids is 2. The van der Waals surface area contributed by atoms with E-state index < -0.39 is 6.10 Å². The van der Waals surface area contributed by atoms with Crippen LogP contribution >= 0.6 is 0 Å². The first-order valence-electron chi connectivity index (χ1n) is 11.1. The minimum Gasteiger partial charge on any atom is -0.484 e. The molecule has 3 aromatic carbocycles. The third-order valence-corrected chi connectivity index (χ3v) is 5.26. The fourth-order valence-electron chi connectivity index (χ4n) is 3.24. The first kappa shape index (κ1) is 23.9. The van der Waals surface area contributed by atoms with Crippen molar-refractivity contribution < 1.29 is 19.1 Å². The molecule has 0 bridgehead atoms. The normalized spacial score (nSPS) is 12.3. The van der Waals surface area contributed by atoms with Gasteiger partial charge in [-0.25, -0.2) is 0 Å². The largest absolute Gasteiger partial charge is 0.484 e. The number of anilines is 2. The van der Waals surface area contributed by atoms with Gasteiger partial charge < -0.3 is 20.1 Å². The molecule has 3 aromatic rings. The third-order valence-electron chi connectivity index (χ3n) is 5.26. The summed E-state index contributed by atoms with van der Waals surface area (Å²) < 4.78 is 11.4. The molecule has 0 saturated carbocycles. The van der Waals surface area contributed by atoms with E-state index in [1.807, 2.05) is 42.5 Å². The van der Waals surface area contributed by atoms with Crippen LogP contribution in [0.25, 0.3) is 0 Å². The van der Waals surface area contributed by atoms with Crippen molar-refractivity contribution in [3.8, 4) is 11.5 Å². The second-order valence-electron chi connectivity index (χ2n) is 7.83. The number of rotatable bonds is 10. The van der Waals surface area contributed by atoms with Gasteiger partial charge in [0, 0.05) is 11.4 Å². The van der Waals surface area contributed by atoms with Crippen molar-refractivity contribution in [2.75, 3.05) is 17.2 Å². The lowest BCUT2D eigenvalue weighted by atomic mass is 9.98. The minimum atomic E-state index is -0.687. The highest BCUT2D eigenvalue weighted by atomic mass is 16.5. The van der Waals surface area contributed by atoms with Gasteiger partial charge >= 0.3 is 0 Å². The SMILES string of the molecule is CCC(C)c1ccccc1OC(C)C(=O)Nc1cccc(NC(=O)COc2ccccc2)c1. The Hall–Kier alpha value is -3.80.